The highest BCUT2D eigenvalue weighted by Crippen LogP contribution is 2.28. The van der Waals surface area contributed by atoms with Crippen molar-refractivity contribution in [3.63, 3.8) is 0 Å². The summed E-state index contributed by atoms with van der Waals surface area (Å²) in [6.45, 7) is 0. The summed E-state index contributed by atoms with van der Waals surface area (Å²) in [5.41, 5.74) is 2.72. The van der Waals surface area contributed by atoms with Crippen LogP contribution in [0, 0.1) is 0 Å². The lowest BCUT2D eigenvalue weighted by molar-refractivity contribution is 0.951. The van der Waals surface area contributed by atoms with E-state index in [0.717, 1.165) is 27.1 Å². The summed E-state index contributed by atoms with van der Waals surface area (Å²) in [6.07, 6.45) is 0. The molecule has 0 fully saturated rings. The fourth-order valence-electron chi connectivity index (χ4n) is 2.16. The zero-order valence-electron chi connectivity index (χ0n) is 12.4. The summed E-state index contributed by atoms with van der Waals surface area (Å²) in [4.78, 5) is 6.65. The number of nitrogens with zero attached hydrogens (tertiary/aromatic N) is 4. The molecular formula is C17H15BrN4. The first-order valence-corrected chi connectivity index (χ1v) is 7.68. The molecule has 3 rings (SSSR count). The number of rotatable bonds is 3. The number of hydrogen-bond donors (Lipinski definition) is 0. The van der Waals surface area contributed by atoms with Gasteiger partial charge in [0.15, 0.2) is 11.6 Å². The first kappa shape index (κ1) is 14.7. The third-order valence-electron chi connectivity index (χ3n) is 3.22. The molecule has 5 heteroatoms. The standard InChI is InChI=1S/C17H15BrN4/c1-22(2)17-15(12-7-4-3-5-8-12)20-21-16(19-17)13-9-6-10-14(18)11-13/h3-11H,1-2H3. The Hall–Kier alpha value is -2.27. The van der Waals surface area contributed by atoms with E-state index in [0.29, 0.717) is 5.82 Å². The van der Waals surface area contributed by atoms with Crippen molar-refractivity contribution < 1.29 is 0 Å². The van der Waals surface area contributed by atoms with Crippen LogP contribution < -0.4 is 4.90 Å². The Kier molecular flexibility index (Phi) is 4.15. The first-order valence-electron chi connectivity index (χ1n) is 6.88. The van der Waals surface area contributed by atoms with Crippen LogP contribution in [0.25, 0.3) is 22.6 Å². The summed E-state index contributed by atoms with van der Waals surface area (Å²) in [7, 11) is 3.92. The van der Waals surface area contributed by atoms with Crippen LogP contribution in [0.3, 0.4) is 0 Å². The molecule has 0 unspecified atom stereocenters. The minimum Gasteiger partial charge on any atom is -0.361 e. The van der Waals surface area contributed by atoms with Crippen LogP contribution in [-0.4, -0.2) is 29.3 Å². The zero-order chi connectivity index (χ0) is 15.5. The van der Waals surface area contributed by atoms with E-state index < -0.39 is 0 Å². The van der Waals surface area contributed by atoms with Crippen LogP contribution in [0.5, 0.6) is 0 Å². The highest BCUT2D eigenvalue weighted by molar-refractivity contribution is 9.10. The van der Waals surface area contributed by atoms with E-state index in [-0.39, 0.29) is 0 Å². The number of anilines is 1. The van der Waals surface area contributed by atoms with Gasteiger partial charge in [-0.15, -0.1) is 10.2 Å². The molecule has 0 N–H and O–H groups in total. The van der Waals surface area contributed by atoms with E-state index in [1.807, 2.05) is 73.6 Å². The van der Waals surface area contributed by atoms with Crippen LogP contribution in [0.1, 0.15) is 0 Å². The molecule has 0 aliphatic heterocycles. The molecule has 1 aromatic heterocycles. The summed E-state index contributed by atoms with van der Waals surface area (Å²) < 4.78 is 0.993. The molecule has 0 saturated carbocycles. The Bertz CT molecular complexity index is 788. The first-order chi connectivity index (χ1) is 10.6. The smallest absolute Gasteiger partial charge is 0.183 e. The predicted molar refractivity (Wildman–Crippen MR) is 92.7 cm³/mol. The summed E-state index contributed by atoms with van der Waals surface area (Å²) >= 11 is 3.47. The van der Waals surface area contributed by atoms with Gasteiger partial charge in [0, 0.05) is 29.7 Å². The van der Waals surface area contributed by atoms with Gasteiger partial charge in [0.2, 0.25) is 0 Å². The molecule has 2 aromatic carbocycles. The van der Waals surface area contributed by atoms with Gasteiger partial charge in [-0.1, -0.05) is 58.4 Å². The van der Waals surface area contributed by atoms with E-state index in [4.69, 9.17) is 4.98 Å². The molecule has 4 nitrogen and oxygen atoms in total. The number of benzene rings is 2. The van der Waals surface area contributed by atoms with Crippen LogP contribution in [0.2, 0.25) is 0 Å². The molecule has 0 aliphatic rings. The van der Waals surface area contributed by atoms with E-state index in [2.05, 4.69) is 26.1 Å². The Morgan fingerprint density at radius 1 is 0.864 bits per heavy atom. The second-order valence-electron chi connectivity index (χ2n) is 5.08. The molecule has 110 valence electrons. The molecule has 0 aliphatic carbocycles. The maximum absolute atomic E-state index is 4.69. The van der Waals surface area contributed by atoms with E-state index in [1.165, 1.54) is 0 Å². The average molecular weight is 355 g/mol. The quantitative estimate of drug-likeness (QED) is 0.711. The Morgan fingerprint density at radius 3 is 2.27 bits per heavy atom. The second kappa shape index (κ2) is 6.23. The number of halogens is 1. The fraction of sp³-hybridized carbons (Fsp3) is 0.118. The van der Waals surface area contributed by atoms with Gasteiger partial charge in [0.25, 0.3) is 0 Å². The second-order valence-corrected chi connectivity index (χ2v) is 5.99. The average Bonchev–Trinajstić information content (AvgIpc) is 2.55. The van der Waals surface area contributed by atoms with Gasteiger partial charge in [-0.25, -0.2) is 4.98 Å². The van der Waals surface area contributed by atoms with Crippen molar-refractivity contribution in [2.75, 3.05) is 19.0 Å². The fourth-order valence-corrected chi connectivity index (χ4v) is 2.56. The molecule has 0 atom stereocenters. The Balaban J connectivity index is 2.12. The SMILES string of the molecule is CN(C)c1nc(-c2cccc(Br)c2)nnc1-c1ccccc1. The van der Waals surface area contributed by atoms with Crippen LogP contribution >= 0.6 is 15.9 Å². The van der Waals surface area contributed by atoms with Crippen molar-refractivity contribution >= 4 is 21.7 Å². The summed E-state index contributed by atoms with van der Waals surface area (Å²) in [6, 6.07) is 17.9. The zero-order valence-corrected chi connectivity index (χ0v) is 13.9. The molecule has 0 spiro atoms. The van der Waals surface area contributed by atoms with Gasteiger partial charge >= 0.3 is 0 Å². The lowest BCUT2D eigenvalue weighted by Crippen LogP contribution is -2.14. The lowest BCUT2D eigenvalue weighted by atomic mass is 10.1. The normalized spacial score (nSPS) is 10.5. The van der Waals surface area contributed by atoms with Crippen molar-refractivity contribution in [1.29, 1.82) is 0 Å². The highest BCUT2D eigenvalue weighted by atomic mass is 79.9. The van der Waals surface area contributed by atoms with E-state index >= 15 is 0 Å². The Morgan fingerprint density at radius 2 is 1.59 bits per heavy atom. The largest absolute Gasteiger partial charge is 0.361 e. The summed E-state index contributed by atoms with van der Waals surface area (Å²) in [5, 5.41) is 8.71. The topological polar surface area (TPSA) is 41.9 Å². The van der Waals surface area contributed by atoms with Crippen molar-refractivity contribution in [2.45, 2.75) is 0 Å². The number of hydrogen-bond acceptors (Lipinski definition) is 4. The molecular weight excluding hydrogens is 340 g/mol. The van der Waals surface area contributed by atoms with Crippen molar-refractivity contribution in [3.05, 3.63) is 59.1 Å². The molecule has 0 radical (unpaired) electrons. The molecule has 22 heavy (non-hydrogen) atoms. The monoisotopic (exact) mass is 354 g/mol. The van der Waals surface area contributed by atoms with Crippen molar-refractivity contribution in [2.24, 2.45) is 0 Å². The van der Waals surface area contributed by atoms with Crippen LogP contribution in [0.15, 0.2) is 59.1 Å². The van der Waals surface area contributed by atoms with Gasteiger partial charge in [-0.05, 0) is 12.1 Å². The van der Waals surface area contributed by atoms with Gasteiger partial charge in [0.1, 0.15) is 5.69 Å². The molecule has 1 heterocycles. The van der Waals surface area contributed by atoms with Gasteiger partial charge < -0.3 is 4.90 Å². The van der Waals surface area contributed by atoms with Gasteiger partial charge in [0.05, 0.1) is 0 Å². The Labute approximate surface area is 138 Å². The molecule has 3 aromatic rings. The van der Waals surface area contributed by atoms with E-state index in [9.17, 15) is 0 Å². The van der Waals surface area contributed by atoms with Gasteiger partial charge in [-0.2, -0.15) is 0 Å². The summed E-state index contributed by atoms with van der Waals surface area (Å²) in [5.74, 6) is 1.42. The molecule has 0 amide bonds. The van der Waals surface area contributed by atoms with Crippen molar-refractivity contribution in [1.82, 2.24) is 15.2 Å². The maximum Gasteiger partial charge on any atom is 0.183 e. The molecule has 0 saturated heterocycles. The highest BCUT2D eigenvalue weighted by Gasteiger charge is 2.14. The van der Waals surface area contributed by atoms with Gasteiger partial charge in [-0.3, -0.25) is 0 Å². The predicted octanol–water partition coefficient (Wildman–Crippen LogP) is 4.03. The third kappa shape index (κ3) is 2.99. The minimum atomic E-state index is 0.615. The number of aromatic nitrogens is 3. The third-order valence-corrected chi connectivity index (χ3v) is 3.72. The van der Waals surface area contributed by atoms with E-state index in [1.54, 1.807) is 0 Å². The lowest BCUT2D eigenvalue weighted by Gasteiger charge is -2.15. The van der Waals surface area contributed by atoms with Crippen LogP contribution in [-0.2, 0) is 0 Å². The van der Waals surface area contributed by atoms with Crippen LogP contribution in [0.4, 0.5) is 5.82 Å². The molecule has 0 bridgehead atoms. The minimum absolute atomic E-state index is 0.615. The maximum atomic E-state index is 4.69. The van der Waals surface area contributed by atoms with Crippen molar-refractivity contribution in [3.8, 4) is 22.6 Å².